The Bertz CT molecular complexity index is 1070. The molecule has 0 atom stereocenters. The van der Waals surface area contributed by atoms with Crippen LogP contribution in [0.3, 0.4) is 0 Å². The number of thioether (sulfide) groups is 1. The van der Waals surface area contributed by atoms with Crippen LogP contribution in [0.4, 0.5) is 0 Å². The first-order chi connectivity index (χ1) is 11.9. The van der Waals surface area contributed by atoms with Crippen molar-refractivity contribution in [3.05, 3.63) is 52.5 Å². The minimum Gasteiger partial charge on any atom is -0.199 e. The van der Waals surface area contributed by atoms with Crippen molar-refractivity contribution in [2.24, 2.45) is 0 Å². The highest BCUT2D eigenvalue weighted by atomic mass is 32.2. The molecule has 2 aromatic heterocycles. The third-order valence-corrected chi connectivity index (χ3v) is 7.67. The van der Waals surface area contributed by atoms with E-state index in [0.717, 1.165) is 25.0 Å². The zero-order valence-corrected chi connectivity index (χ0v) is 16.3. The molecular weight excluding hydrogens is 374 g/mol. The molecule has 25 heavy (non-hydrogen) atoms. The van der Waals surface area contributed by atoms with Gasteiger partial charge in [0.25, 0.3) is 10.0 Å². The van der Waals surface area contributed by atoms with Crippen molar-refractivity contribution >= 4 is 33.1 Å². The summed E-state index contributed by atoms with van der Waals surface area (Å²) in [5, 5.41) is 13.5. The number of nitrogens with zero attached hydrogens (tertiary/aromatic N) is 3. The third kappa shape index (κ3) is 3.11. The van der Waals surface area contributed by atoms with E-state index in [1.54, 1.807) is 30.3 Å². The van der Waals surface area contributed by atoms with E-state index in [4.69, 9.17) is 0 Å². The summed E-state index contributed by atoms with van der Waals surface area (Å²) < 4.78 is 27.4. The molecular formula is C17H15N3O2S3. The van der Waals surface area contributed by atoms with Gasteiger partial charge < -0.3 is 0 Å². The number of thiophene rings is 1. The van der Waals surface area contributed by atoms with Gasteiger partial charge in [-0.05, 0) is 43.9 Å². The van der Waals surface area contributed by atoms with Gasteiger partial charge in [0.15, 0.2) is 0 Å². The molecule has 0 aliphatic heterocycles. The van der Waals surface area contributed by atoms with E-state index in [9.17, 15) is 13.7 Å². The molecule has 3 aromatic rings. The van der Waals surface area contributed by atoms with Gasteiger partial charge in [0.1, 0.15) is 10.9 Å². The molecule has 8 heteroatoms. The van der Waals surface area contributed by atoms with Crippen molar-refractivity contribution in [2.45, 2.75) is 23.0 Å². The summed E-state index contributed by atoms with van der Waals surface area (Å²) >= 11 is 2.92. The molecule has 0 bridgehead atoms. The number of benzene rings is 1. The van der Waals surface area contributed by atoms with Crippen molar-refractivity contribution in [1.82, 2.24) is 9.19 Å². The highest BCUT2D eigenvalue weighted by Gasteiger charge is 2.22. The number of rotatable bonds is 4. The molecule has 128 valence electrons. The quantitative estimate of drug-likeness (QED) is 0.629. The largest absolute Gasteiger partial charge is 0.282 e. The summed E-state index contributed by atoms with van der Waals surface area (Å²) in [6, 6.07) is 10.5. The Morgan fingerprint density at radius 2 is 1.88 bits per heavy atom. The Morgan fingerprint density at radius 1 is 1.20 bits per heavy atom. The average molecular weight is 390 g/mol. The Kier molecular flexibility index (Phi) is 4.73. The number of hydrogen-bond acceptors (Lipinski definition) is 6. The fraction of sp³-hybridized carbons (Fsp3) is 0.176. The lowest BCUT2D eigenvalue weighted by Crippen LogP contribution is -2.13. The normalized spacial score (nSPS) is 11.4. The molecule has 0 aliphatic carbocycles. The van der Waals surface area contributed by atoms with Crippen molar-refractivity contribution in [3.8, 4) is 17.3 Å². The molecule has 0 spiro atoms. The molecule has 0 fully saturated rings. The molecule has 0 N–H and O–H groups in total. The van der Waals surface area contributed by atoms with E-state index in [2.05, 4.69) is 11.2 Å². The number of nitriles is 1. The van der Waals surface area contributed by atoms with E-state index < -0.39 is 10.0 Å². The van der Waals surface area contributed by atoms with Crippen molar-refractivity contribution in [3.63, 3.8) is 0 Å². The standard InChI is InChI=1S/C17H15N3O2S3/c1-11-4-6-13(7-5-11)25(21,22)20-9-8-14(19-20)16-12(2)15(10-18)24-17(16)23-3/h4-9H,1-3H3. The Balaban J connectivity index is 2.08. The fourth-order valence-electron chi connectivity index (χ4n) is 2.43. The first-order valence-electron chi connectivity index (χ1n) is 7.34. The van der Waals surface area contributed by atoms with E-state index in [1.165, 1.54) is 29.3 Å². The Hall–Kier alpha value is -2.08. The van der Waals surface area contributed by atoms with Crippen LogP contribution in [0.25, 0.3) is 11.3 Å². The van der Waals surface area contributed by atoms with Gasteiger partial charge in [-0.3, -0.25) is 0 Å². The van der Waals surface area contributed by atoms with Crippen LogP contribution in [0, 0.1) is 25.2 Å². The molecule has 2 heterocycles. The monoisotopic (exact) mass is 389 g/mol. The van der Waals surface area contributed by atoms with Crippen LogP contribution in [-0.2, 0) is 10.0 Å². The second-order valence-electron chi connectivity index (χ2n) is 5.43. The highest BCUT2D eigenvalue weighted by molar-refractivity contribution is 8.00. The van der Waals surface area contributed by atoms with Gasteiger partial charge >= 0.3 is 0 Å². The zero-order valence-electron chi connectivity index (χ0n) is 13.8. The maximum atomic E-state index is 12.7. The summed E-state index contributed by atoms with van der Waals surface area (Å²) in [5.41, 5.74) is 3.19. The van der Waals surface area contributed by atoms with E-state index >= 15 is 0 Å². The maximum absolute atomic E-state index is 12.7. The molecule has 5 nitrogen and oxygen atoms in total. The summed E-state index contributed by atoms with van der Waals surface area (Å²) in [5.74, 6) is 0. The van der Waals surface area contributed by atoms with Gasteiger partial charge in [-0.15, -0.1) is 23.1 Å². The van der Waals surface area contributed by atoms with Gasteiger partial charge in [0.2, 0.25) is 0 Å². The van der Waals surface area contributed by atoms with Crippen molar-refractivity contribution in [1.29, 1.82) is 5.26 Å². The minimum absolute atomic E-state index is 0.192. The predicted molar refractivity (Wildman–Crippen MR) is 101 cm³/mol. The lowest BCUT2D eigenvalue weighted by atomic mass is 10.1. The SMILES string of the molecule is CSc1sc(C#N)c(C)c1-c1ccn(S(=O)(=O)c2ccc(C)cc2)n1. The first kappa shape index (κ1) is 17.7. The van der Waals surface area contributed by atoms with Gasteiger partial charge in [-0.2, -0.15) is 22.9 Å². The van der Waals surface area contributed by atoms with Crippen LogP contribution >= 0.6 is 23.1 Å². The molecule has 0 saturated heterocycles. The van der Waals surface area contributed by atoms with Gasteiger partial charge in [0, 0.05) is 11.8 Å². The minimum atomic E-state index is -3.74. The van der Waals surface area contributed by atoms with Crippen LogP contribution in [0.15, 0.2) is 45.6 Å². The summed E-state index contributed by atoms with van der Waals surface area (Å²) in [7, 11) is -3.74. The number of aromatic nitrogens is 2. The van der Waals surface area contributed by atoms with Crippen molar-refractivity contribution < 1.29 is 8.42 Å². The average Bonchev–Trinajstić information content (AvgIpc) is 3.19. The van der Waals surface area contributed by atoms with E-state index in [1.807, 2.05) is 20.1 Å². The van der Waals surface area contributed by atoms with Crippen LogP contribution < -0.4 is 0 Å². The Morgan fingerprint density at radius 3 is 2.48 bits per heavy atom. The second kappa shape index (κ2) is 6.67. The van der Waals surface area contributed by atoms with Gasteiger partial charge in [-0.25, -0.2) is 0 Å². The second-order valence-corrected chi connectivity index (χ2v) is 9.32. The van der Waals surface area contributed by atoms with Crippen LogP contribution in [0.5, 0.6) is 0 Å². The topological polar surface area (TPSA) is 75.8 Å². The zero-order chi connectivity index (χ0) is 18.2. The Labute approximate surface area is 155 Å². The predicted octanol–water partition coefficient (Wildman–Crippen LogP) is 4.06. The first-order valence-corrected chi connectivity index (χ1v) is 10.8. The molecule has 0 aliphatic rings. The van der Waals surface area contributed by atoms with Gasteiger partial charge in [-0.1, -0.05) is 17.7 Å². The molecule has 0 radical (unpaired) electrons. The van der Waals surface area contributed by atoms with Gasteiger partial charge in [0.05, 0.1) is 14.8 Å². The lowest BCUT2D eigenvalue weighted by molar-refractivity contribution is 0.580. The molecule has 0 saturated carbocycles. The molecule has 0 amide bonds. The maximum Gasteiger partial charge on any atom is 0.282 e. The van der Waals surface area contributed by atoms with Crippen molar-refractivity contribution in [2.75, 3.05) is 6.26 Å². The smallest absolute Gasteiger partial charge is 0.199 e. The molecule has 0 unspecified atom stereocenters. The summed E-state index contributed by atoms with van der Waals surface area (Å²) in [6.07, 6.45) is 3.37. The van der Waals surface area contributed by atoms with E-state index in [0.29, 0.717) is 10.6 Å². The van der Waals surface area contributed by atoms with Crippen LogP contribution in [0.2, 0.25) is 0 Å². The number of hydrogen-bond donors (Lipinski definition) is 0. The van der Waals surface area contributed by atoms with Crippen LogP contribution in [-0.4, -0.2) is 23.9 Å². The van der Waals surface area contributed by atoms with E-state index in [-0.39, 0.29) is 4.90 Å². The van der Waals surface area contributed by atoms with Crippen LogP contribution in [0.1, 0.15) is 16.0 Å². The number of aryl methyl sites for hydroxylation is 1. The third-order valence-electron chi connectivity index (χ3n) is 3.79. The molecule has 3 rings (SSSR count). The summed E-state index contributed by atoms with van der Waals surface area (Å²) in [6.45, 7) is 3.76. The fourth-order valence-corrected chi connectivity index (χ4v) is 5.43. The highest BCUT2D eigenvalue weighted by Crippen LogP contribution is 2.40. The molecule has 1 aromatic carbocycles. The summed E-state index contributed by atoms with van der Waals surface area (Å²) in [4.78, 5) is 0.813. The lowest BCUT2D eigenvalue weighted by Gasteiger charge is -2.05.